The largest absolute Gasteiger partial charge is 0.493 e. The van der Waals surface area contributed by atoms with Gasteiger partial charge in [-0.1, -0.05) is 39.7 Å². The Hall–Kier alpha value is -4.22. The van der Waals surface area contributed by atoms with Crippen LogP contribution in [0.5, 0.6) is 11.5 Å². The number of imide groups is 2. The lowest BCUT2D eigenvalue weighted by molar-refractivity contribution is -0.122. The summed E-state index contributed by atoms with van der Waals surface area (Å²) in [4.78, 5) is 51.0. The quantitative estimate of drug-likeness (QED) is 0.293. The van der Waals surface area contributed by atoms with Gasteiger partial charge in [-0.2, -0.15) is 0 Å². The van der Waals surface area contributed by atoms with E-state index in [9.17, 15) is 23.6 Å². The van der Waals surface area contributed by atoms with Gasteiger partial charge in [0.25, 0.3) is 17.7 Å². The number of urea groups is 1. The van der Waals surface area contributed by atoms with Crippen LogP contribution in [0.1, 0.15) is 5.56 Å². The Bertz CT molecular complexity index is 1480. The number of barbiturate groups is 1. The first-order valence-electron chi connectivity index (χ1n) is 10.9. The fourth-order valence-electron chi connectivity index (χ4n) is 3.50. The Morgan fingerprint density at radius 2 is 1.84 bits per heavy atom. The average Bonchev–Trinajstić information content (AvgIpc) is 2.88. The van der Waals surface area contributed by atoms with Crippen molar-refractivity contribution in [2.45, 2.75) is 0 Å². The Morgan fingerprint density at radius 3 is 2.53 bits per heavy atom. The van der Waals surface area contributed by atoms with Gasteiger partial charge >= 0.3 is 6.03 Å². The van der Waals surface area contributed by atoms with Crippen LogP contribution in [0.2, 0.25) is 5.02 Å². The van der Waals surface area contributed by atoms with Crippen molar-refractivity contribution >= 4 is 68.7 Å². The third-order valence-electron chi connectivity index (χ3n) is 5.24. The number of methoxy groups -OCH3 is 1. The van der Waals surface area contributed by atoms with Gasteiger partial charge in [0.05, 0.1) is 23.5 Å². The van der Waals surface area contributed by atoms with Crippen LogP contribution in [0.3, 0.4) is 0 Å². The number of benzene rings is 3. The monoisotopic (exact) mass is 601 g/mol. The topological polar surface area (TPSA) is 114 Å². The third kappa shape index (κ3) is 5.84. The third-order valence-corrected chi connectivity index (χ3v) is 6.05. The molecule has 194 valence electrons. The summed E-state index contributed by atoms with van der Waals surface area (Å²) in [6.07, 6.45) is 1.25. The summed E-state index contributed by atoms with van der Waals surface area (Å²) in [6, 6.07) is 14.0. The van der Waals surface area contributed by atoms with E-state index in [4.69, 9.17) is 21.1 Å². The van der Waals surface area contributed by atoms with E-state index >= 15 is 0 Å². The van der Waals surface area contributed by atoms with Crippen LogP contribution in [-0.2, 0) is 14.4 Å². The van der Waals surface area contributed by atoms with Gasteiger partial charge < -0.3 is 14.8 Å². The second-order valence-corrected chi connectivity index (χ2v) is 9.11. The number of amides is 5. The van der Waals surface area contributed by atoms with Crippen molar-refractivity contribution in [3.05, 3.63) is 87.1 Å². The predicted octanol–water partition coefficient (Wildman–Crippen LogP) is 4.93. The van der Waals surface area contributed by atoms with Crippen molar-refractivity contribution < 1.29 is 33.0 Å². The standard InChI is InChI=1S/C26H18BrClFN3O6/c1-37-21-12-14(11-18(28)23(21)38-13-22(33)30-20-5-3-2-4-19(20)29)10-17-24(34)31-26(36)32(25(17)35)16-8-6-15(27)7-9-16/h2-12H,13H2,1H3,(H,30,33)(H,31,34,36)/b17-10+. The number of ether oxygens (including phenoxy) is 2. The van der Waals surface area contributed by atoms with Gasteiger partial charge in [-0.25, -0.2) is 14.1 Å². The fraction of sp³-hybridized carbons (Fsp3) is 0.0769. The molecule has 1 aliphatic heterocycles. The molecular weight excluding hydrogens is 585 g/mol. The highest BCUT2D eigenvalue weighted by Crippen LogP contribution is 2.37. The summed E-state index contributed by atoms with van der Waals surface area (Å²) in [5, 5.41) is 4.54. The molecular formula is C26H18BrClFN3O6. The summed E-state index contributed by atoms with van der Waals surface area (Å²) in [7, 11) is 1.33. The minimum Gasteiger partial charge on any atom is -0.493 e. The number of nitrogens with zero attached hydrogens (tertiary/aromatic N) is 1. The number of hydrogen-bond acceptors (Lipinski definition) is 6. The number of halogens is 3. The van der Waals surface area contributed by atoms with Crippen LogP contribution < -0.4 is 25.0 Å². The van der Waals surface area contributed by atoms with Gasteiger partial charge in [0.15, 0.2) is 18.1 Å². The Labute approximate surface area is 229 Å². The molecule has 5 amide bonds. The highest BCUT2D eigenvalue weighted by Gasteiger charge is 2.36. The van der Waals surface area contributed by atoms with Crippen molar-refractivity contribution in [1.29, 1.82) is 0 Å². The van der Waals surface area contributed by atoms with E-state index in [0.717, 1.165) is 9.37 Å². The molecule has 3 aromatic carbocycles. The molecule has 12 heteroatoms. The van der Waals surface area contributed by atoms with E-state index in [0.29, 0.717) is 5.56 Å². The number of nitrogens with one attached hydrogen (secondary N) is 2. The van der Waals surface area contributed by atoms with Crippen LogP contribution >= 0.6 is 27.5 Å². The highest BCUT2D eigenvalue weighted by atomic mass is 79.9. The maximum absolute atomic E-state index is 13.8. The molecule has 0 aliphatic carbocycles. The number of hydrogen-bond donors (Lipinski definition) is 2. The van der Waals surface area contributed by atoms with Crippen LogP contribution in [0.15, 0.2) is 70.7 Å². The first-order chi connectivity index (χ1) is 18.2. The molecule has 9 nitrogen and oxygen atoms in total. The molecule has 0 aromatic heterocycles. The minimum absolute atomic E-state index is 0.00720. The predicted molar refractivity (Wildman–Crippen MR) is 142 cm³/mol. The number of rotatable bonds is 7. The Morgan fingerprint density at radius 1 is 1.13 bits per heavy atom. The molecule has 1 aliphatic rings. The lowest BCUT2D eigenvalue weighted by atomic mass is 10.1. The Kier molecular flexibility index (Phi) is 8.08. The van der Waals surface area contributed by atoms with E-state index in [-0.39, 0.29) is 33.5 Å². The van der Waals surface area contributed by atoms with Crippen molar-refractivity contribution in [1.82, 2.24) is 5.32 Å². The summed E-state index contributed by atoms with van der Waals surface area (Å²) < 4.78 is 25.3. The molecule has 0 spiro atoms. The molecule has 2 N–H and O–H groups in total. The molecule has 0 unspecified atom stereocenters. The van der Waals surface area contributed by atoms with Crippen molar-refractivity contribution in [2.24, 2.45) is 0 Å². The average molecular weight is 603 g/mol. The number of anilines is 2. The SMILES string of the molecule is COc1cc(/C=C2\C(=O)NC(=O)N(c3ccc(Br)cc3)C2=O)cc(Cl)c1OCC(=O)Nc1ccccc1F. The zero-order valence-corrected chi connectivity index (χ0v) is 21.9. The molecule has 1 heterocycles. The second-order valence-electron chi connectivity index (χ2n) is 7.79. The molecule has 0 radical (unpaired) electrons. The summed E-state index contributed by atoms with van der Waals surface area (Å²) in [6.45, 7) is -0.504. The first kappa shape index (κ1) is 26.8. The second kappa shape index (κ2) is 11.4. The fourth-order valence-corrected chi connectivity index (χ4v) is 4.04. The first-order valence-corrected chi connectivity index (χ1v) is 12.1. The minimum atomic E-state index is -0.882. The highest BCUT2D eigenvalue weighted by molar-refractivity contribution is 9.10. The van der Waals surface area contributed by atoms with Gasteiger partial charge in [-0.15, -0.1) is 0 Å². The van der Waals surface area contributed by atoms with E-state index in [1.165, 1.54) is 43.5 Å². The smallest absolute Gasteiger partial charge is 0.335 e. The molecule has 0 saturated carbocycles. The molecule has 0 bridgehead atoms. The van der Waals surface area contributed by atoms with Gasteiger partial charge in [-0.3, -0.25) is 19.7 Å². The lowest BCUT2D eigenvalue weighted by Gasteiger charge is -2.26. The van der Waals surface area contributed by atoms with Crippen LogP contribution in [0.4, 0.5) is 20.6 Å². The summed E-state index contributed by atoms with van der Waals surface area (Å²) in [5.41, 5.74) is 0.233. The van der Waals surface area contributed by atoms with E-state index in [1.807, 2.05) is 0 Å². The van der Waals surface area contributed by atoms with E-state index in [2.05, 4.69) is 26.6 Å². The van der Waals surface area contributed by atoms with E-state index in [1.54, 1.807) is 30.3 Å². The van der Waals surface area contributed by atoms with Crippen molar-refractivity contribution in [2.75, 3.05) is 23.9 Å². The van der Waals surface area contributed by atoms with Crippen LogP contribution in [0, 0.1) is 5.82 Å². The zero-order chi connectivity index (χ0) is 27.4. The normalized spacial score (nSPS) is 14.4. The van der Waals surface area contributed by atoms with Gasteiger partial charge in [0.1, 0.15) is 11.4 Å². The molecule has 0 atom stereocenters. The lowest BCUT2D eigenvalue weighted by Crippen LogP contribution is -2.54. The van der Waals surface area contributed by atoms with Gasteiger partial charge in [0, 0.05) is 4.47 Å². The number of para-hydroxylation sites is 1. The maximum atomic E-state index is 13.8. The van der Waals surface area contributed by atoms with Gasteiger partial charge in [0.2, 0.25) is 0 Å². The molecule has 1 saturated heterocycles. The van der Waals surface area contributed by atoms with Crippen molar-refractivity contribution in [3.8, 4) is 11.5 Å². The molecule has 1 fully saturated rings. The number of carbonyl (C=O) groups excluding carboxylic acids is 4. The van der Waals surface area contributed by atoms with Crippen LogP contribution in [-0.4, -0.2) is 37.5 Å². The van der Waals surface area contributed by atoms with Crippen LogP contribution in [0.25, 0.3) is 6.08 Å². The number of carbonyl (C=O) groups is 4. The molecule has 3 aromatic rings. The summed E-state index contributed by atoms with van der Waals surface area (Å²) in [5.74, 6) is -2.83. The summed E-state index contributed by atoms with van der Waals surface area (Å²) >= 11 is 9.64. The molecule has 4 rings (SSSR count). The zero-order valence-electron chi connectivity index (χ0n) is 19.6. The van der Waals surface area contributed by atoms with Crippen molar-refractivity contribution in [3.63, 3.8) is 0 Å². The van der Waals surface area contributed by atoms with Gasteiger partial charge in [-0.05, 0) is 60.2 Å². The van der Waals surface area contributed by atoms with E-state index < -0.39 is 36.2 Å². The Balaban J connectivity index is 1.56. The maximum Gasteiger partial charge on any atom is 0.335 e. The molecule has 38 heavy (non-hydrogen) atoms.